The van der Waals surface area contributed by atoms with Crippen molar-refractivity contribution in [3.63, 3.8) is 0 Å². The predicted octanol–water partition coefficient (Wildman–Crippen LogP) is -3.27. The second kappa shape index (κ2) is 15.9. The molecule has 0 atom stereocenters. The molecule has 1 radical (unpaired) electrons. The van der Waals surface area contributed by atoms with Crippen LogP contribution < -0.4 is 0 Å². The van der Waals surface area contributed by atoms with Gasteiger partial charge in [0.25, 0.3) is 0 Å². The molecule has 0 aromatic carbocycles. The molecule has 7 heteroatoms. The Bertz CT molecular complexity index is 31.1. The predicted molar refractivity (Wildman–Crippen MR) is 18.1 cm³/mol. The van der Waals surface area contributed by atoms with Gasteiger partial charge in [-0.2, -0.15) is 0 Å². The first-order valence-electron chi connectivity index (χ1n) is 0.532. The van der Waals surface area contributed by atoms with Gasteiger partial charge in [0, 0.05) is 17.1 Å². The van der Waals surface area contributed by atoms with Crippen molar-refractivity contribution in [1.82, 2.24) is 0 Å². The van der Waals surface area contributed by atoms with Crippen LogP contribution in [-0.2, 0) is 20.9 Å². The van der Waals surface area contributed by atoms with Crippen LogP contribution in [0.4, 0.5) is 0 Å². The van der Waals surface area contributed by atoms with Crippen LogP contribution in [0.2, 0.25) is 0 Å². The summed E-state index contributed by atoms with van der Waals surface area (Å²) in [5.41, 5.74) is 0. The molecule has 0 saturated carbocycles. The molecule has 0 saturated heterocycles. The van der Waals surface area contributed by atoms with Gasteiger partial charge in [-0.05, 0) is 0 Å². The third-order valence-electron chi connectivity index (χ3n) is 0. The molecule has 7 heavy (non-hydrogen) atoms. The molecule has 0 spiro atoms. The summed E-state index contributed by atoms with van der Waals surface area (Å²) in [5, 5.41) is 0. The van der Waals surface area contributed by atoms with Crippen molar-refractivity contribution in [1.29, 1.82) is 0 Å². The summed E-state index contributed by atoms with van der Waals surface area (Å²) < 4.78 is 23.1. The van der Waals surface area contributed by atoms with Gasteiger partial charge in [-0.3, -0.25) is 0 Å². The quantitative estimate of drug-likeness (QED) is 0.423. The SMILES string of the molecule is O.O.O=[Se](O)O.[Cu]. The van der Waals surface area contributed by atoms with Crippen LogP contribution in [0.25, 0.3) is 0 Å². The molecule has 0 aromatic rings. The van der Waals surface area contributed by atoms with Crippen LogP contribution in [0.1, 0.15) is 0 Å². The molecule has 0 bridgehead atoms. The minimum atomic E-state index is -3.29. The first kappa shape index (κ1) is 25.3. The molecule has 6 N–H and O–H groups in total. The number of hydrogen-bond acceptors (Lipinski definition) is 1. The van der Waals surface area contributed by atoms with Gasteiger partial charge in [-0.25, -0.2) is 0 Å². The summed E-state index contributed by atoms with van der Waals surface area (Å²) in [5.74, 6) is 0. The molecule has 0 rings (SSSR count). The summed E-state index contributed by atoms with van der Waals surface area (Å²) in [6.07, 6.45) is 0. The number of rotatable bonds is 0. The van der Waals surface area contributed by atoms with Crippen LogP contribution in [0, 0.1) is 0 Å². The van der Waals surface area contributed by atoms with Crippen molar-refractivity contribution < 1.29 is 40.2 Å². The van der Waals surface area contributed by atoms with Crippen LogP contribution >= 0.6 is 0 Å². The third-order valence-corrected chi connectivity index (χ3v) is 0. The Kier molecular flexibility index (Phi) is 57.5. The summed E-state index contributed by atoms with van der Waals surface area (Å²) in [4.78, 5) is 0. The Morgan fingerprint density at radius 3 is 1.14 bits per heavy atom. The van der Waals surface area contributed by atoms with Crippen LogP contribution in [-0.4, -0.2) is 33.8 Å². The molecule has 0 fully saturated rings. The van der Waals surface area contributed by atoms with E-state index in [0.29, 0.717) is 0 Å². The fourth-order valence-electron chi connectivity index (χ4n) is 0. The Morgan fingerprint density at radius 2 is 1.14 bits per heavy atom. The molecule has 0 aromatic heterocycles. The van der Waals surface area contributed by atoms with E-state index in [-0.39, 0.29) is 28.0 Å². The molecule has 5 nitrogen and oxygen atoms in total. The largest absolute Gasteiger partial charge is 0 e. The van der Waals surface area contributed by atoms with Crippen molar-refractivity contribution in [2.24, 2.45) is 0 Å². The first-order valence-corrected chi connectivity index (χ1v) is 2.76. The molecule has 0 heterocycles. The average Bonchev–Trinajstić information content (AvgIpc) is 0.811. The van der Waals surface area contributed by atoms with E-state index in [1.807, 2.05) is 0 Å². The van der Waals surface area contributed by atoms with E-state index in [4.69, 9.17) is 12.2 Å². The molecule has 53 valence electrons. The maximum Gasteiger partial charge on any atom is 0 e. The zero-order valence-electron chi connectivity index (χ0n) is 3.01. The van der Waals surface area contributed by atoms with Crippen molar-refractivity contribution in [3.8, 4) is 0 Å². The van der Waals surface area contributed by atoms with Gasteiger partial charge in [0.05, 0.1) is 0 Å². The van der Waals surface area contributed by atoms with Crippen LogP contribution in [0.15, 0.2) is 0 Å². The minimum absolute atomic E-state index is 0. The molecule has 0 aliphatic rings. The van der Waals surface area contributed by atoms with Gasteiger partial charge in [-0.15, -0.1) is 0 Å². The zero-order valence-corrected chi connectivity index (χ0v) is 5.67. The van der Waals surface area contributed by atoms with Gasteiger partial charge < -0.3 is 11.0 Å². The van der Waals surface area contributed by atoms with Gasteiger partial charge in [0.15, 0.2) is 0 Å². The monoisotopic (exact) mass is 229 g/mol. The van der Waals surface area contributed by atoms with Crippen molar-refractivity contribution in [3.05, 3.63) is 0 Å². The Morgan fingerprint density at radius 1 is 1.14 bits per heavy atom. The summed E-state index contributed by atoms with van der Waals surface area (Å²) in [7, 11) is 0. The van der Waals surface area contributed by atoms with Crippen LogP contribution in [0.5, 0.6) is 0 Å². The van der Waals surface area contributed by atoms with Crippen molar-refractivity contribution >= 4 is 14.5 Å². The van der Waals surface area contributed by atoms with Crippen LogP contribution in [0.3, 0.4) is 0 Å². The van der Waals surface area contributed by atoms with E-state index < -0.39 is 14.5 Å². The summed E-state index contributed by atoms with van der Waals surface area (Å²) >= 11 is -3.29. The third kappa shape index (κ3) is 317. The fraction of sp³-hybridized carbons (Fsp3) is 0. The van der Waals surface area contributed by atoms with E-state index in [1.165, 1.54) is 0 Å². The average molecular weight is 229 g/mol. The van der Waals surface area contributed by atoms with E-state index >= 15 is 0 Å². The first-order chi connectivity index (χ1) is 1.73. The Balaban J connectivity index is -0.0000000150. The van der Waals surface area contributed by atoms with Crippen molar-refractivity contribution in [2.75, 3.05) is 0 Å². The molecule has 0 amide bonds. The minimum Gasteiger partial charge on any atom is 0 e. The smallest absolute Gasteiger partial charge is 0 e. The second-order valence-electron chi connectivity index (χ2n) is 0.231. The molecule has 0 aliphatic carbocycles. The van der Waals surface area contributed by atoms with Gasteiger partial charge in [-0.1, -0.05) is 0 Å². The summed E-state index contributed by atoms with van der Waals surface area (Å²) in [6.45, 7) is 0. The standard InChI is InChI=1S/Cu.H2O3Se.2H2O/c;1-4(2)3;;/h;(H2,1,2,3);2*1H2. The normalized spacial score (nSPS) is 5.00. The summed E-state index contributed by atoms with van der Waals surface area (Å²) in [6, 6.07) is 0. The van der Waals surface area contributed by atoms with Gasteiger partial charge in [0.1, 0.15) is 0 Å². The molecular formula is H6CuO5Se. The molecule has 0 unspecified atom stereocenters. The van der Waals surface area contributed by atoms with E-state index in [0.717, 1.165) is 0 Å². The molecule has 0 aliphatic heterocycles. The second-order valence-corrected chi connectivity index (χ2v) is 1.20. The Labute approximate surface area is 55.2 Å². The maximum atomic E-state index is 8.76. The zero-order chi connectivity index (χ0) is 3.58. The molecular weight excluding hydrogens is 223 g/mol. The topological polar surface area (TPSA) is 121 Å². The van der Waals surface area contributed by atoms with Crippen molar-refractivity contribution in [2.45, 2.75) is 0 Å². The Hall–Kier alpha value is 0.679. The van der Waals surface area contributed by atoms with Gasteiger partial charge >= 0.3 is 26.7 Å². The fourth-order valence-corrected chi connectivity index (χ4v) is 0. The maximum absolute atomic E-state index is 8.76. The van der Waals surface area contributed by atoms with E-state index in [9.17, 15) is 0 Å². The number of hydrogen-bond donors (Lipinski definition) is 2. The van der Waals surface area contributed by atoms with Gasteiger partial charge in [0.2, 0.25) is 0 Å². The van der Waals surface area contributed by atoms with E-state index in [2.05, 4.69) is 0 Å². The van der Waals surface area contributed by atoms with E-state index in [1.54, 1.807) is 0 Å².